The Morgan fingerprint density at radius 1 is 1.64 bits per heavy atom. The van der Waals surface area contributed by atoms with Crippen molar-refractivity contribution >= 4 is 11.8 Å². The summed E-state index contributed by atoms with van der Waals surface area (Å²) in [5.74, 6) is -0.370. The summed E-state index contributed by atoms with van der Waals surface area (Å²) in [5, 5.41) is 11.7. The Morgan fingerprint density at radius 3 is 2.93 bits per heavy atom. The Kier molecular flexibility index (Phi) is 3.84. The van der Waals surface area contributed by atoms with E-state index in [1.165, 1.54) is 12.4 Å². The third-order valence-corrected chi connectivity index (χ3v) is 1.76. The van der Waals surface area contributed by atoms with Crippen LogP contribution in [0.5, 0.6) is 0 Å². The van der Waals surface area contributed by atoms with Gasteiger partial charge in [0.05, 0.1) is 6.20 Å². The Balaban J connectivity index is 2.60. The molecule has 1 aromatic rings. The number of anilines is 1. The smallest absolute Gasteiger partial charge is 0.326 e. The molecule has 0 amide bonds. The number of hydrogen-bond donors (Lipinski definition) is 2. The molecule has 0 aliphatic rings. The molecule has 2 N–H and O–H groups in total. The Hall–Kier alpha value is -1.65. The van der Waals surface area contributed by atoms with Crippen LogP contribution in [-0.2, 0) is 4.79 Å². The fourth-order valence-electron chi connectivity index (χ4n) is 1.10. The number of rotatable bonds is 5. The molecule has 0 spiro atoms. The highest BCUT2D eigenvalue weighted by Crippen LogP contribution is 2.05. The molecule has 0 aromatic carbocycles. The standard InChI is InChI=1S/C9H13N3O2/c1-2-3-7(9(13)14)12-8-6-10-4-5-11-8/h4-7H,2-3H2,1H3,(H,11,12)(H,13,14). The van der Waals surface area contributed by atoms with Crippen LogP contribution < -0.4 is 5.32 Å². The minimum absolute atomic E-state index is 0.494. The fourth-order valence-corrected chi connectivity index (χ4v) is 1.10. The van der Waals surface area contributed by atoms with Crippen LogP contribution in [0.1, 0.15) is 19.8 Å². The molecule has 1 aromatic heterocycles. The van der Waals surface area contributed by atoms with Crippen LogP contribution in [0, 0.1) is 0 Å². The maximum Gasteiger partial charge on any atom is 0.326 e. The van der Waals surface area contributed by atoms with Crippen LogP contribution in [0.4, 0.5) is 5.82 Å². The third kappa shape index (κ3) is 3.01. The highest BCUT2D eigenvalue weighted by molar-refractivity contribution is 5.76. The average molecular weight is 195 g/mol. The number of hydrogen-bond acceptors (Lipinski definition) is 4. The van der Waals surface area contributed by atoms with E-state index in [9.17, 15) is 4.79 Å². The first-order valence-electron chi connectivity index (χ1n) is 4.49. The highest BCUT2D eigenvalue weighted by Gasteiger charge is 2.15. The van der Waals surface area contributed by atoms with Crippen LogP contribution >= 0.6 is 0 Å². The molecule has 0 saturated carbocycles. The predicted octanol–water partition coefficient (Wildman–Crippen LogP) is 1.14. The number of carboxylic acids is 1. The number of carbonyl (C=O) groups is 1. The molecular formula is C9H13N3O2. The summed E-state index contributed by atoms with van der Waals surface area (Å²) in [6, 6.07) is -0.586. The molecule has 1 unspecified atom stereocenters. The van der Waals surface area contributed by atoms with Crippen LogP contribution in [-0.4, -0.2) is 27.1 Å². The lowest BCUT2D eigenvalue weighted by molar-refractivity contribution is -0.138. The molecule has 0 aliphatic carbocycles. The molecule has 1 heterocycles. The van der Waals surface area contributed by atoms with Gasteiger partial charge in [0, 0.05) is 12.4 Å². The van der Waals surface area contributed by atoms with Crippen LogP contribution in [0.2, 0.25) is 0 Å². The van der Waals surface area contributed by atoms with E-state index in [1.54, 1.807) is 6.20 Å². The topological polar surface area (TPSA) is 75.1 Å². The van der Waals surface area contributed by atoms with Gasteiger partial charge in [0.1, 0.15) is 11.9 Å². The van der Waals surface area contributed by atoms with Gasteiger partial charge >= 0.3 is 5.97 Å². The monoisotopic (exact) mass is 195 g/mol. The van der Waals surface area contributed by atoms with E-state index in [2.05, 4.69) is 15.3 Å². The maximum atomic E-state index is 10.8. The van der Waals surface area contributed by atoms with Crippen molar-refractivity contribution in [2.24, 2.45) is 0 Å². The van der Waals surface area contributed by atoms with Crippen LogP contribution in [0.25, 0.3) is 0 Å². The van der Waals surface area contributed by atoms with Crippen molar-refractivity contribution in [1.82, 2.24) is 9.97 Å². The second-order valence-electron chi connectivity index (χ2n) is 2.91. The number of aromatic nitrogens is 2. The van der Waals surface area contributed by atoms with E-state index in [1.807, 2.05) is 6.92 Å². The van der Waals surface area contributed by atoms with E-state index >= 15 is 0 Å². The molecule has 5 heteroatoms. The number of nitrogens with zero attached hydrogens (tertiary/aromatic N) is 2. The molecule has 14 heavy (non-hydrogen) atoms. The van der Waals surface area contributed by atoms with Crippen LogP contribution in [0.15, 0.2) is 18.6 Å². The van der Waals surface area contributed by atoms with Crippen molar-refractivity contribution in [2.75, 3.05) is 5.32 Å². The summed E-state index contributed by atoms with van der Waals surface area (Å²) in [6.45, 7) is 1.94. The molecule has 0 saturated heterocycles. The van der Waals surface area contributed by atoms with Gasteiger partial charge in [-0.2, -0.15) is 0 Å². The molecule has 0 fully saturated rings. The largest absolute Gasteiger partial charge is 0.480 e. The molecule has 0 radical (unpaired) electrons. The van der Waals surface area contributed by atoms with Crippen molar-refractivity contribution < 1.29 is 9.90 Å². The average Bonchev–Trinajstić information content (AvgIpc) is 2.18. The molecule has 76 valence electrons. The second kappa shape index (κ2) is 5.16. The van der Waals surface area contributed by atoms with Crippen molar-refractivity contribution in [3.05, 3.63) is 18.6 Å². The van der Waals surface area contributed by atoms with Gasteiger partial charge in [-0.25, -0.2) is 9.78 Å². The number of carboxylic acid groups (broad SMARTS) is 1. The first-order valence-corrected chi connectivity index (χ1v) is 4.49. The summed E-state index contributed by atoms with van der Waals surface area (Å²) in [7, 11) is 0. The number of nitrogens with one attached hydrogen (secondary N) is 1. The van der Waals surface area contributed by atoms with Crippen molar-refractivity contribution in [3.8, 4) is 0 Å². The fraction of sp³-hybridized carbons (Fsp3) is 0.444. The molecule has 1 atom stereocenters. The lowest BCUT2D eigenvalue weighted by Gasteiger charge is -2.13. The summed E-state index contributed by atoms with van der Waals surface area (Å²) >= 11 is 0. The van der Waals surface area contributed by atoms with Gasteiger partial charge in [-0.3, -0.25) is 4.98 Å². The van der Waals surface area contributed by atoms with Crippen LogP contribution in [0.3, 0.4) is 0 Å². The Bertz CT molecular complexity index is 289. The Morgan fingerprint density at radius 2 is 2.43 bits per heavy atom. The van der Waals surface area contributed by atoms with E-state index in [0.717, 1.165) is 6.42 Å². The van der Waals surface area contributed by atoms with E-state index in [-0.39, 0.29) is 0 Å². The molecule has 5 nitrogen and oxygen atoms in total. The van der Waals surface area contributed by atoms with Crippen molar-refractivity contribution in [1.29, 1.82) is 0 Å². The first-order chi connectivity index (χ1) is 6.74. The van der Waals surface area contributed by atoms with E-state index in [4.69, 9.17) is 5.11 Å². The summed E-state index contributed by atoms with van der Waals surface area (Å²) in [6.07, 6.45) is 5.95. The van der Waals surface area contributed by atoms with Crippen molar-refractivity contribution in [2.45, 2.75) is 25.8 Å². The minimum atomic E-state index is -0.863. The first kappa shape index (κ1) is 10.4. The SMILES string of the molecule is CCCC(Nc1cnccn1)C(=O)O. The van der Waals surface area contributed by atoms with Crippen molar-refractivity contribution in [3.63, 3.8) is 0 Å². The zero-order valence-electron chi connectivity index (χ0n) is 7.97. The van der Waals surface area contributed by atoms with Gasteiger partial charge in [-0.15, -0.1) is 0 Å². The van der Waals surface area contributed by atoms with E-state index in [0.29, 0.717) is 12.2 Å². The summed E-state index contributed by atoms with van der Waals surface area (Å²) in [5.41, 5.74) is 0. The van der Waals surface area contributed by atoms with E-state index < -0.39 is 12.0 Å². The molecule has 0 bridgehead atoms. The molecule has 0 aliphatic heterocycles. The maximum absolute atomic E-state index is 10.8. The molecular weight excluding hydrogens is 182 g/mol. The van der Waals surface area contributed by atoms with Gasteiger partial charge in [0.2, 0.25) is 0 Å². The van der Waals surface area contributed by atoms with Gasteiger partial charge in [0.15, 0.2) is 0 Å². The molecule has 1 rings (SSSR count). The zero-order valence-corrected chi connectivity index (χ0v) is 7.97. The quantitative estimate of drug-likeness (QED) is 0.736. The second-order valence-corrected chi connectivity index (χ2v) is 2.91. The summed E-state index contributed by atoms with van der Waals surface area (Å²) < 4.78 is 0. The summed E-state index contributed by atoms with van der Waals surface area (Å²) in [4.78, 5) is 18.6. The minimum Gasteiger partial charge on any atom is -0.480 e. The van der Waals surface area contributed by atoms with Gasteiger partial charge in [-0.05, 0) is 6.42 Å². The normalized spacial score (nSPS) is 12.1. The third-order valence-electron chi connectivity index (χ3n) is 1.76. The van der Waals surface area contributed by atoms with Gasteiger partial charge in [-0.1, -0.05) is 13.3 Å². The predicted molar refractivity (Wildman–Crippen MR) is 52.0 cm³/mol. The lowest BCUT2D eigenvalue weighted by atomic mass is 10.2. The zero-order chi connectivity index (χ0) is 10.4. The Labute approximate surface area is 82.2 Å². The van der Waals surface area contributed by atoms with Gasteiger partial charge < -0.3 is 10.4 Å². The van der Waals surface area contributed by atoms with Gasteiger partial charge in [0.25, 0.3) is 0 Å². The lowest BCUT2D eigenvalue weighted by Crippen LogP contribution is -2.29. The number of aliphatic carboxylic acids is 1. The highest BCUT2D eigenvalue weighted by atomic mass is 16.4.